The third-order valence-electron chi connectivity index (χ3n) is 5.88. The maximum Gasteiger partial charge on any atom is 0.237 e. The highest BCUT2D eigenvalue weighted by Gasteiger charge is 2.41. The van der Waals surface area contributed by atoms with Gasteiger partial charge in [0.05, 0.1) is 23.3 Å². The highest BCUT2D eigenvalue weighted by molar-refractivity contribution is 5.81. The average Bonchev–Trinajstić information content (AvgIpc) is 3.20. The van der Waals surface area contributed by atoms with Gasteiger partial charge in [0.2, 0.25) is 5.91 Å². The zero-order chi connectivity index (χ0) is 23.9. The van der Waals surface area contributed by atoms with Crippen molar-refractivity contribution >= 4 is 17.4 Å². The number of hydrogen-bond donors (Lipinski definition) is 2. The van der Waals surface area contributed by atoms with E-state index in [4.69, 9.17) is 16.6 Å². The fourth-order valence-corrected chi connectivity index (χ4v) is 4.19. The summed E-state index contributed by atoms with van der Waals surface area (Å²) in [6, 6.07) is 11.6. The summed E-state index contributed by atoms with van der Waals surface area (Å²) in [4.78, 5) is 19.0. The smallest absolute Gasteiger partial charge is 0.237 e. The van der Waals surface area contributed by atoms with Gasteiger partial charge in [-0.3, -0.25) is 9.80 Å². The second kappa shape index (κ2) is 8.27. The Hall–Kier alpha value is -3.81. The third-order valence-corrected chi connectivity index (χ3v) is 5.88. The van der Waals surface area contributed by atoms with E-state index in [-0.39, 0.29) is 18.0 Å². The summed E-state index contributed by atoms with van der Waals surface area (Å²) < 4.78 is 29.4. The molecule has 170 valence electrons. The lowest BCUT2D eigenvalue weighted by molar-refractivity contribution is -0.137. The largest absolute Gasteiger partial charge is 0.327 e. The van der Waals surface area contributed by atoms with Gasteiger partial charge in [-0.25, -0.2) is 19.6 Å². The minimum absolute atomic E-state index is 0.128. The molecule has 0 spiro atoms. The van der Waals surface area contributed by atoms with E-state index in [2.05, 4.69) is 0 Å². The number of fused-ring (bicyclic) bond motifs is 1. The first-order chi connectivity index (χ1) is 15.7. The van der Waals surface area contributed by atoms with Gasteiger partial charge in [0, 0.05) is 18.7 Å². The standard InChI is InChI=1S/C23H23F2N7O/c1-23(2)22-29-20(14-3-5-16(24)6-4-14)21(30(22)9-10-31(23)19(33)13-27)32(28)17-7-8-18(25)15(11-17)12-26/h3-8,11H,9-10,13,27-28H2,1-2H3. The molecule has 0 saturated heterocycles. The molecule has 10 heteroatoms. The highest BCUT2D eigenvalue weighted by atomic mass is 19.1. The summed E-state index contributed by atoms with van der Waals surface area (Å²) in [5.41, 5.74) is 6.10. The molecule has 8 nitrogen and oxygen atoms in total. The SMILES string of the molecule is CC1(C)c2nc(-c3ccc(F)cc3)c(N(N)c3ccc(F)c(C#N)c3)n2CCN1C(=O)CN. The van der Waals surface area contributed by atoms with Crippen LogP contribution in [0, 0.1) is 23.0 Å². The van der Waals surface area contributed by atoms with E-state index < -0.39 is 17.2 Å². The fraction of sp³-hybridized carbons (Fsp3) is 0.261. The minimum atomic E-state index is -0.802. The second-order valence-corrected chi connectivity index (χ2v) is 8.22. The van der Waals surface area contributed by atoms with Gasteiger partial charge in [-0.15, -0.1) is 0 Å². The van der Waals surface area contributed by atoms with Crippen molar-refractivity contribution in [3.05, 3.63) is 65.5 Å². The van der Waals surface area contributed by atoms with Crippen LogP contribution in [0.3, 0.4) is 0 Å². The zero-order valence-electron chi connectivity index (χ0n) is 18.2. The second-order valence-electron chi connectivity index (χ2n) is 8.22. The molecule has 1 aliphatic heterocycles. The summed E-state index contributed by atoms with van der Waals surface area (Å²) in [6.45, 7) is 4.36. The van der Waals surface area contributed by atoms with Crippen molar-refractivity contribution in [2.75, 3.05) is 18.1 Å². The lowest BCUT2D eigenvalue weighted by atomic mass is 9.99. The zero-order valence-corrected chi connectivity index (χ0v) is 18.2. The molecule has 0 fully saturated rings. The van der Waals surface area contributed by atoms with Gasteiger partial charge in [0.25, 0.3) is 0 Å². The van der Waals surface area contributed by atoms with Crippen LogP contribution in [0.25, 0.3) is 11.3 Å². The minimum Gasteiger partial charge on any atom is -0.327 e. The predicted octanol–water partition coefficient (Wildman–Crippen LogP) is 2.75. The number of hydrazine groups is 1. The molecule has 0 unspecified atom stereocenters. The van der Waals surface area contributed by atoms with Gasteiger partial charge >= 0.3 is 0 Å². The molecule has 1 amide bonds. The molecule has 33 heavy (non-hydrogen) atoms. The topological polar surface area (TPSA) is 117 Å². The van der Waals surface area contributed by atoms with Gasteiger partial charge in [0.1, 0.15) is 29.2 Å². The lowest BCUT2D eigenvalue weighted by Gasteiger charge is -2.42. The molecule has 0 saturated carbocycles. The van der Waals surface area contributed by atoms with E-state index >= 15 is 0 Å². The lowest BCUT2D eigenvalue weighted by Crippen LogP contribution is -2.54. The van der Waals surface area contributed by atoms with Crippen molar-refractivity contribution in [1.82, 2.24) is 14.5 Å². The van der Waals surface area contributed by atoms with Crippen LogP contribution in [0.2, 0.25) is 0 Å². The summed E-state index contributed by atoms with van der Waals surface area (Å²) in [7, 11) is 0. The van der Waals surface area contributed by atoms with E-state index in [0.717, 1.165) is 0 Å². The van der Waals surface area contributed by atoms with E-state index in [1.165, 1.54) is 35.3 Å². The maximum absolute atomic E-state index is 13.9. The van der Waals surface area contributed by atoms with Crippen molar-refractivity contribution in [3.63, 3.8) is 0 Å². The summed E-state index contributed by atoms with van der Waals surface area (Å²) in [5.74, 6) is 6.29. The number of halogens is 2. The molecule has 4 N–H and O–H groups in total. The number of carbonyl (C=O) groups excluding carboxylic acids is 1. The molecule has 0 atom stereocenters. The Labute approximate surface area is 189 Å². The maximum atomic E-state index is 13.9. The Morgan fingerprint density at radius 2 is 1.91 bits per heavy atom. The Morgan fingerprint density at radius 3 is 2.55 bits per heavy atom. The van der Waals surface area contributed by atoms with Gasteiger partial charge < -0.3 is 15.2 Å². The number of nitrogens with two attached hydrogens (primary N) is 2. The van der Waals surface area contributed by atoms with Crippen molar-refractivity contribution in [2.45, 2.75) is 25.9 Å². The third kappa shape index (κ3) is 3.71. The molecule has 0 radical (unpaired) electrons. The van der Waals surface area contributed by atoms with Gasteiger partial charge in [0.15, 0.2) is 5.82 Å². The highest BCUT2D eigenvalue weighted by Crippen LogP contribution is 2.41. The molecule has 2 aromatic carbocycles. The number of hydrogen-bond acceptors (Lipinski definition) is 6. The number of carbonyl (C=O) groups is 1. The van der Waals surface area contributed by atoms with Crippen LogP contribution in [0.4, 0.5) is 20.3 Å². The predicted molar refractivity (Wildman–Crippen MR) is 119 cm³/mol. The number of nitrogens with zero attached hydrogens (tertiary/aromatic N) is 5. The van der Waals surface area contributed by atoms with E-state index in [9.17, 15) is 18.8 Å². The van der Waals surface area contributed by atoms with Crippen LogP contribution < -0.4 is 16.6 Å². The molecule has 0 aliphatic carbocycles. The summed E-state index contributed by atoms with van der Waals surface area (Å²) in [5, 5.41) is 10.6. The van der Waals surface area contributed by atoms with Crippen LogP contribution in [0.15, 0.2) is 42.5 Å². The van der Waals surface area contributed by atoms with Crippen LogP contribution in [0.5, 0.6) is 0 Å². The summed E-state index contributed by atoms with van der Waals surface area (Å²) >= 11 is 0. The fourth-order valence-electron chi connectivity index (χ4n) is 4.19. The number of rotatable bonds is 4. The molecule has 3 aromatic rings. The van der Waals surface area contributed by atoms with Crippen molar-refractivity contribution in [3.8, 4) is 17.3 Å². The van der Waals surface area contributed by atoms with Crippen LogP contribution in [0.1, 0.15) is 25.2 Å². The Morgan fingerprint density at radius 1 is 1.21 bits per heavy atom. The molecule has 1 aromatic heterocycles. The Kier molecular flexibility index (Phi) is 5.61. The number of aromatic nitrogens is 2. The number of benzene rings is 2. The first kappa shape index (κ1) is 22.4. The Bertz CT molecular complexity index is 1260. The van der Waals surface area contributed by atoms with Gasteiger partial charge in [-0.2, -0.15) is 5.26 Å². The monoisotopic (exact) mass is 451 g/mol. The van der Waals surface area contributed by atoms with Crippen LogP contribution in [-0.4, -0.2) is 33.4 Å². The molecular formula is C23H23F2N7O. The first-order valence-corrected chi connectivity index (χ1v) is 10.3. The number of amides is 1. The number of nitriles is 1. The van der Waals surface area contributed by atoms with E-state index in [1.807, 2.05) is 24.5 Å². The van der Waals surface area contributed by atoms with E-state index in [0.29, 0.717) is 41.7 Å². The average molecular weight is 451 g/mol. The summed E-state index contributed by atoms with van der Waals surface area (Å²) in [6.07, 6.45) is 0. The molecular weight excluding hydrogens is 428 g/mol. The van der Waals surface area contributed by atoms with Gasteiger partial charge in [-0.05, 0) is 56.3 Å². The van der Waals surface area contributed by atoms with Crippen LogP contribution >= 0.6 is 0 Å². The van der Waals surface area contributed by atoms with Gasteiger partial charge in [-0.1, -0.05) is 0 Å². The van der Waals surface area contributed by atoms with Crippen molar-refractivity contribution < 1.29 is 13.6 Å². The van der Waals surface area contributed by atoms with Crippen molar-refractivity contribution in [2.24, 2.45) is 11.6 Å². The van der Waals surface area contributed by atoms with Crippen molar-refractivity contribution in [1.29, 1.82) is 5.26 Å². The normalized spacial score (nSPS) is 14.5. The van der Waals surface area contributed by atoms with E-state index in [1.54, 1.807) is 17.0 Å². The first-order valence-electron chi connectivity index (χ1n) is 10.3. The molecule has 4 rings (SSSR count). The quantitative estimate of drug-likeness (QED) is 0.465. The Balaban J connectivity index is 1.93. The van der Waals surface area contributed by atoms with Crippen LogP contribution in [-0.2, 0) is 16.9 Å². The number of anilines is 2. The molecule has 2 heterocycles. The molecule has 0 bridgehead atoms. The molecule has 1 aliphatic rings. The number of imidazole rings is 1.